The minimum atomic E-state index is -0.403. The van der Waals surface area contributed by atoms with Gasteiger partial charge in [-0.15, -0.1) is 11.3 Å². The van der Waals surface area contributed by atoms with E-state index in [1.165, 1.54) is 16.0 Å². The molecule has 0 spiro atoms. The number of amides is 1. The van der Waals surface area contributed by atoms with Crippen molar-refractivity contribution in [3.63, 3.8) is 0 Å². The molecule has 0 aromatic carbocycles. The second-order valence-electron chi connectivity index (χ2n) is 5.04. The topological polar surface area (TPSA) is 29.5 Å². The van der Waals surface area contributed by atoms with Crippen LogP contribution >= 0.6 is 11.3 Å². The molecule has 1 atom stereocenters. The van der Waals surface area contributed by atoms with Crippen LogP contribution in [-0.4, -0.2) is 23.1 Å². The highest BCUT2D eigenvalue weighted by molar-refractivity contribution is 7.10. The molecule has 2 aliphatic rings. The van der Waals surface area contributed by atoms with Gasteiger partial charge in [-0.3, -0.25) is 4.90 Å². The second kappa shape index (κ2) is 3.00. The van der Waals surface area contributed by atoms with Gasteiger partial charge in [0.2, 0.25) is 0 Å². The molecule has 86 valence electrons. The van der Waals surface area contributed by atoms with Crippen LogP contribution in [0.2, 0.25) is 0 Å². The van der Waals surface area contributed by atoms with Crippen molar-refractivity contribution in [3.05, 3.63) is 21.4 Å². The van der Waals surface area contributed by atoms with Crippen LogP contribution in [0.3, 0.4) is 0 Å². The Balaban J connectivity index is 2.14. The van der Waals surface area contributed by atoms with Gasteiger partial charge in [-0.05, 0) is 43.7 Å². The van der Waals surface area contributed by atoms with Gasteiger partial charge in [0.15, 0.2) is 0 Å². The SMILES string of the molecule is Cc1scc2c1CCN1C(=O)OC(C)(C)C21. The number of ether oxygens (including phenoxy) is 1. The fourth-order valence-corrected chi connectivity index (χ4v) is 3.80. The van der Waals surface area contributed by atoms with Gasteiger partial charge in [-0.25, -0.2) is 4.79 Å². The number of aryl methyl sites for hydroxylation is 1. The van der Waals surface area contributed by atoms with Crippen LogP contribution in [0, 0.1) is 6.92 Å². The van der Waals surface area contributed by atoms with Gasteiger partial charge in [0.05, 0.1) is 0 Å². The smallest absolute Gasteiger partial charge is 0.411 e. The molecule has 2 aliphatic heterocycles. The highest BCUT2D eigenvalue weighted by atomic mass is 32.1. The van der Waals surface area contributed by atoms with Crippen molar-refractivity contribution < 1.29 is 9.53 Å². The monoisotopic (exact) mass is 237 g/mol. The molecule has 0 aliphatic carbocycles. The predicted octanol–water partition coefficient (Wildman–Crippen LogP) is 2.88. The first-order valence-electron chi connectivity index (χ1n) is 5.57. The van der Waals surface area contributed by atoms with Crippen molar-refractivity contribution >= 4 is 17.4 Å². The normalized spacial score (nSPS) is 26.3. The standard InChI is InChI=1S/C12H15NO2S/c1-7-8-4-5-13-10(9(8)6-16-7)12(2,3)15-11(13)14/h6,10H,4-5H2,1-3H3. The van der Waals surface area contributed by atoms with E-state index in [2.05, 4.69) is 12.3 Å². The summed E-state index contributed by atoms with van der Waals surface area (Å²) in [6.07, 6.45) is 0.802. The summed E-state index contributed by atoms with van der Waals surface area (Å²) in [6, 6.07) is 0.105. The first-order chi connectivity index (χ1) is 7.50. The molecule has 16 heavy (non-hydrogen) atoms. The third kappa shape index (κ3) is 1.16. The molecule has 1 saturated heterocycles. The van der Waals surface area contributed by atoms with E-state index in [-0.39, 0.29) is 12.1 Å². The number of hydrogen-bond donors (Lipinski definition) is 0. The van der Waals surface area contributed by atoms with E-state index in [1.807, 2.05) is 18.7 Å². The third-order valence-corrected chi connectivity index (χ3v) is 4.56. The van der Waals surface area contributed by atoms with E-state index in [0.717, 1.165) is 13.0 Å². The first kappa shape index (κ1) is 10.1. The molecular weight excluding hydrogens is 222 g/mol. The molecule has 4 heteroatoms. The maximum atomic E-state index is 11.7. The Hall–Kier alpha value is -1.03. The minimum absolute atomic E-state index is 0.105. The molecule has 0 saturated carbocycles. The fraction of sp³-hybridized carbons (Fsp3) is 0.583. The number of cyclic esters (lactones) is 1. The number of thiophene rings is 1. The van der Waals surface area contributed by atoms with Crippen LogP contribution < -0.4 is 0 Å². The summed E-state index contributed by atoms with van der Waals surface area (Å²) in [7, 11) is 0. The van der Waals surface area contributed by atoms with Gasteiger partial charge < -0.3 is 4.74 Å². The van der Waals surface area contributed by atoms with Crippen molar-refractivity contribution in [3.8, 4) is 0 Å². The number of nitrogens with zero attached hydrogens (tertiary/aromatic N) is 1. The molecule has 0 radical (unpaired) electrons. The molecule has 1 aromatic heterocycles. The number of carbonyl (C=O) groups excluding carboxylic acids is 1. The van der Waals surface area contributed by atoms with Gasteiger partial charge in [0.25, 0.3) is 0 Å². The van der Waals surface area contributed by atoms with E-state index in [0.29, 0.717) is 0 Å². The summed E-state index contributed by atoms with van der Waals surface area (Å²) >= 11 is 1.78. The van der Waals surface area contributed by atoms with Crippen LogP contribution in [0.15, 0.2) is 5.38 Å². The Bertz CT molecular complexity index is 464. The first-order valence-corrected chi connectivity index (χ1v) is 6.45. The van der Waals surface area contributed by atoms with Crippen molar-refractivity contribution in [2.75, 3.05) is 6.54 Å². The molecule has 1 unspecified atom stereocenters. The molecule has 0 N–H and O–H groups in total. The largest absolute Gasteiger partial charge is 0.441 e. The lowest BCUT2D eigenvalue weighted by atomic mass is 9.86. The lowest BCUT2D eigenvalue weighted by molar-refractivity contribution is 0.0669. The molecule has 1 fully saturated rings. The zero-order valence-electron chi connectivity index (χ0n) is 9.74. The quantitative estimate of drug-likeness (QED) is 0.694. The number of hydrogen-bond acceptors (Lipinski definition) is 3. The van der Waals surface area contributed by atoms with Crippen molar-refractivity contribution in [1.29, 1.82) is 0 Å². The fourth-order valence-electron chi connectivity index (χ4n) is 2.86. The number of rotatable bonds is 0. The van der Waals surface area contributed by atoms with Crippen molar-refractivity contribution in [1.82, 2.24) is 4.90 Å². The zero-order valence-corrected chi connectivity index (χ0v) is 10.6. The van der Waals surface area contributed by atoms with Crippen LogP contribution in [0.25, 0.3) is 0 Å². The average Bonchev–Trinajstić information content (AvgIpc) is 2.67. The molecule has 3 nitrogen and oxygen atoms in total. The minimum Gasteiger partial charge on any atom is -0.441 e. The maximum Gasteiger partial charge on any atom is 0.411 e. The van der Waals surface area contributed by atoms with E-state index in [4.69, 9.17) is 4.74 Å². The lowest BCUT2D eigenvalue weighted by Gasteiger charge is -2.33. The van der Waals surface area contributed by atoms with E-state index < -0.39 is 5.60 Å². The lowest BCUT2D eigenvalue weighted by Crippen LogP contribution is -2.38. The van der Waals surface area contributed by atoms with Crippen LogP contribution in [0.1, 0.15) is 35.9 Å². The summed E-state index contributed by atoms with van der Waals surface area (Å²) in [4.78, 5) is 15.0. The van der Waals surface area contributed by atoms with Gasteiger partial charge >= 0.3 is 6.09 Å². The molecule has 3 rings (SSSR count). The summed E-state index contributed by atoms with van der Waals surface area (Å²) in [5, 5.41) is 2.19. The van der Waals surface area contributed by atoms with Crippen LogP contribution in [-0.2, 0) is 11.2 Å². The zero-order chi connectivity index (χ0) is 11.5. The van der Waals surface area contributed by atoms with Crippen molar-refractivity contribution in [2.45, 2.75) is 38.8 Å². The van der Waals surface area contributed by atoms with E-state index in [9.17, 15) is 4.79 Å². The van der Waals surface area contributed by atoms with Crippen molar-refractivity contribution in [2.24, 2.45) is 0 Å². The third-order valence-electron chi connectivity index (χ3n) is 3.59. The summed E-state index contributed by atoms with van der Waals surface area (Å²) in [5.41, 5.74) is 2.32. The Kier molecular flexibility index (Phi) is 1.90. The molecule has 0 bridgehead atoms. The number of fused-ring (bicyclic) bond motifs is 3. The van der Waals surface area contributed by atoms with E-state index in [1.54, 1.807) is 11.3 Å². The molecular formula is C12H15NO2S. The van der Waals surface area contributed by atoms with Gasteiger partial charge in [0, 0.05) is 11.4 Å². The second-order valence-corrected chi connectivity index (χ2v) is 6.13. The van der Waals surface area contributed by atoms with Gasteiger partial charge in [-0.2, -0.15) is 0 Å². The Labute approximate surface area is 99.0 Å². The van der Waals surface area contributed by atoms with Crippen LogP contribution in [0.4, 0.5) is 4.79 Å². The van der Waals surface area contributed by atoms with Gasteiger partial charge in [-0.1, -0.05) is 0 Å². The van der Waals surface area contributed by atoms with Crippen LogP contribution in [0.5, 0.6) is 0 Å². The Morgan fingerprint density at radius 3 is 3.06 bits per heavy atom. The summed E-state index contributed by atoms with van der Waals surface area (Å²) in [6.45, 7) is 6.94. The Morgan fingerprint density at radius 2 is 2.31 bits per heavy atom. The highest BCUT2D eigenvalue weighted by Gasteiger charge is 2.51. The molecule has 3 heterocycles. The van der Waals surface area contributed by atoms with Gasteiger partial charge in [0.1, 0.15) is 11.6 Å². The predicted molar refractivity (Wildman–Crippen MR) is 62.8 cm³/mol. The Morgan fingerprint density at radius 1 is 1.56 bits per heavy atom. The highest BCUT2D eigenvalue weighted by Crippen LogP contribution is 2.46. The average molecular weight is 237 g/mol. The molecule has 1 amide bonds. The molecule has 1 aromatic rings. The maximum absolute atomic E-state index is 11.7. The van der Waals surface area contributed by atoms with E-state index >= 15 is 0 Å². The summed E-state index contributed by atoms with van der Waals surface area (Å²) < 4.78 is 5.45. The summed E-state index contributed by atoms with van der Waals surface area (Å²) in [5.74, 6) is 0. The number of carbonyl (C=O) groups is 1.